The molecule has 1 heterocycles. The van der Waals surface area contributed by atoms with Gasteiger partial charge in [-0.3, -0.25) is 4.79 Å². The van der Waals surface area contributed by atoms with Crippen LogP contribution in [0, 0.1) is 0 Å². The van der Waals surface area contributed by atoms with Gasteiger partial charge in [-0.1, -0.05) is 18.2 Å². The molecule has 2 aromatic rings. The van der Waals surface area contributed by atoms with Crippen LogP contribution in [0.3, 0.4) is 0 Å². The number of hydrogen-bond acceptors (Lipinski definition) is 5. The number of fused-ring (bicyclic) bond motifs is 1. The van der Waals surface area contributed by atoms with Gasteiger partial charge >= 0.3 is 5.97 Å². The fraction of sp³-hybridized carbons (Fsp3) is 0.158. The van der Waals surface area contributed by atoms with Crippen LogP contribution in [0.4, 0.5) is 0 Å². The highest BCUT2D eigenvalue weighted by molar-refractivity contribution is 5.98. The molecule has 0 fully saturated rings. The summed E-state index contributed by atoms with van der Waals surface area (Å²) in [5, 5.41) is 2.79. The minimum atomic E-state index is -0.656. The lowest BCUT2D eigenvalue weighted by Crippen LogP contribution is -2.36. The van der Waals surface area contributed by atoms with Gasteiger partial charge in [0.05, 0.1) is 12.7 Å². The normalized spacial score (nSPS) is 15.9. The number of hydrogen-bond donors (Lipinski definition) is 1. The molecule has 0 spiro atoms. The van der Waals surface area contributed by atoms with Crippen molar-refractivity contribution in [3.05, 3.63) is 65.7 Å². The molecule has 1 aliphatic heterocycles. The van der Waals surface area contributed by atoms with E-state index in [1.54, 1.807) is 55.5 Å². The van der Waals surface area contributed by atoms with Gasteiger partial charge in [-0.2, -0.15) is 0 Å². The van der Waals surface area contributed by atoms with E-state index in [4.69, 9.17) is 14.2 Å². The summed E-state index contributed by atoms with van der Waals surface area (Å²) in [5.41, 5.74) is 1.16. The van der Waals surface area contributed by atoms with Crippen LogP contribution in [-0.4, -0.2) is 19.0 Å². The summed E-state index contributed by atoms with van der Waals surface area (Å²) in [6.45, 7) is 1.72. The first-order valence-corrected chi connectivity index (χ1v) is 7.71. The lowest BCUT2D eigenvalue weighted by atomic mass is 10.1. The molecule has 1 atom stereocenters. The molecular formula is C19H17NO5. The van der Waals surface area contributed by atoms with Crippen LogP contribution in [-0.2, 0) is 4.79 Å². The Morgan fingerprint density at radius 3 is 2.76 bits per heavy atom. The van der Waals surface area contributed by atoms with E-state index in [-0.39, 0.29) is 11.7 Å². The van der Waals surface area contributed by atoms with Crippen molar-refractivity contribution in [2.45, 2.75) is 13.2 Å². The van der Waals surface area contributed by atoms with Crippen molar-refractivity contribution < 1.29 is 23.8 Å². The Kier molecular flexibility index (Phi) is 4.70. The summed E-state index contributed by atoms with van der Waals surface area (Å²) in [7, 11) is 1.47. The number of ether oxygens (including phenoxy) is 3. The number of allylic oxidation sites excluding steroid dienone is 1. The number of benzene rings is 2. The number of carbonyl (C=O) groups excluding carboxylic acids is 2. The third kappa shape index (κ3) is 3.47. The van der Waals surface area contributed by atoms with Crippen molar-refractivity contribution in [1.82, 2.24) is 5.32 Å². The van der Waals surface area contributed by atoms with Crippen LogP contribution in [0.2, 0.25) is 0 Å². The van der Waals surface area contributed by atoms with Crippen molar-refractivity contribution >= 4 is 11.9 Å². The zero-order valence-electron chi connectivity index (χ0n) is 13.8. The van der Waals surface area contributed by atoms with E-state index < -0.39 is 12.2 Å². The molecule has 1 amide bonds. The number of methoxy groups -OCH3 is 1. The molecule has 6 heteroatoms. The Morgan fingerprint density at radius 2 is 2.00 bits per heavy atom. The summed E-state index contributed by atoms with van der Waals surface area (Å²) in [6, 6.07) is 12.0. The number of esters is 1. The average molecular weight is 339 g/mol. The standard InChI is InChI=1S/C19H17NO5/c1-3-6-17(21)24-15-10-9-12(11-16(15)23-2)19-20-18(22)13-7-4-5-8-14(13)25-19/h3-11,19H,1-2H3,(H,20,22)/b6-3+/t19-/m0/s1. The topological polar surface area (TPSA) is 73.9 Å². The van der Waals surface area contributed by atoms with Crippen molar-refractivity contribution in [3.8, 4) is 17.2 Å². The molecule has 2 aromatic carbocycles. The van der Waals surface area contributed by atoms with Gasteiger partial charge in [0.15, 0.2) is 17.7 Å². The van der Waals surface area contributed by atoms with E-state index in [1.807, 2.05) is 0 Å². The van der Waals surface area contributed by atoms with Gasteiger partial charge < -0.3 is 19.5 Å². The van der Waals surface area contributed by atoms with Crippen LogP contribution in [0.1, 0.15) is 29.1 Å². The van der Waals surface area contributed by atoms with Crippen molar-refractivity contribution in [3.63, 3.8) is 0 Å². The fourth-order valence-corrected chi connectivity index (χ4v) is 2.47. The molecule has 3 rings (SSSR count). The molecule has 0 aliphatic carbocycles. The molecule has 0 saturated heterocycles. The maximum Gasteiger partial charge on any atom is 0.335 e. The lowest BCUT2D eigenvalue weighted by Gasteiger charge is -2.27. The Hall–Kier alpha value is -3.28. The predicted octanol–water partition coefficient (Wildman–Crippen LogP) is 3.00. The van der Waals surface area contributed by atoms with Crippen LogP contribution >= 0.6 is 0 Å². The molecule has 1 N–H and O–H groups in total. The highest BCUT2D eigenvalue weighted by Crippen LogP contribution is 2.34. The lowest BCUT2D eigenvalue weighted by molar-refractivity contribution is -0.129. The van der Waals surface area contributed by atoms with Gasteiger partial charge in [0.25, 0.3) is 5.91 Å². The summed E-state index contributed by atoms with van der Waals surface area (Å²) in [5.74, 6) is 0.460. The fourth-order valence-electron chi connectivity index (χ4n) is 2.47. The van der Waals surface area contributed by atoms with Crippen LogP contribution in [0.5, 0.6) is 17.2 Å². The molecule has 6 nitrogen and oxygen atoms in total. The molecule has 0 bridgehead atoms. The summed E-state index contributed by atoms with van der Waals surface area (Å²) in [6.07, 6.45) is 2.25. The van der Waals surface area contributed by atoms with Gasteiger partial charge in [-0.25, -0.2) is 4.79 Å². The van der Waals surface area contributed by atoms with E-state index in [0.29, 0.717) is 22.6 Å². The zero-order valence-corrected chi connectivity index (χ0v) is 13.8. The van der Waals surface area contributed by atoms with Crippen molar-refractivity contribution in [1.29, 1.82) is 0 Å². The van der Waals surface area contributed by atoms with E-state index in [9.17, 15) is 9.59 Å². The summed E-state index contributed by atoms with van der Waals surface area (Å²) < 4.78 is 16.3. The van der Waals surface area contributed by atoms with Crippen LogP contribution < -0.4 is 19.5 Å². The van der Waals surface area contributed by atoms with Gasteiger partial charge in [-0.05, 0) is 37.3 Å². The average Bonchev–Trinajstić information content (AvgIpc) is 2.62. The highest BCUT2D eigenvalue weighted by Gasteiger charge is 2.27. The number of nitrogens with one attached hydrogen (secondary N) is 1. The summed E-state index contributed by atoms with van der Waals surface area (Å²) in [4.78, 5) is 23.8. The molecular weight excluding hydrogens is 322 g/mol. The second-order valence-electron chi connectivity index (χ2n) is 5.30. The Morgan fingerprint density at radius 1 is 1.20 bits per heavy atom. The molecule has 0 aromatic heterocycles. The Balaban J connectivity index is 1.86. The van der Waals surface area contributed by atoms with Gasteiger partial charge in [0.2, 0.25) is 0 Å². The number of amides is 1. The van der Waals surface area contributed by atoms with E-state index in [0.717, 1.165) is 0 Å². The SMILES string of the molecule is C/C=C/C(=O)Oc1ccc([C@H]2NC(=O)c3ccccc3O2)cc1OC. The third-order valence-corrected chi connectivity index (χ3v) is 3.64. The zero-order chi connectivity index (χ0) is 17.8. The van der Waals surface area contributed by atoms with Gasteiger partial charge in [0.1, 0.15) is 5.75 Å². The maximum absolute atomic E-state index is 12.2. The second-order valence-corrected chi connectivity index (χ2v) is 5.30. The smallest absolute Gasteiger partial charge is 0.335 e. The molecule has 0 saturated carbocycles. The molecule has 0 radical (unpaired) electrons. The predicted molar refractivity (Wildman–Crippen MR) is 90.7 cm³/mol. The first-order valence-electron chi connectivity index (χ1n) is 7.71. The third-order valence-electron chi connectivity index (χ3n) is 3.64. The Bertz CT molecular complexity index is 843. The molecule has 128 valence electrons. The molecule has 0 unspecified atom stereocenters. The minimum absolute atomic E-state index is 0.214. The van der Waals surface area contributed by atoms with Crippen molar-refractivity contribution in [2.24, 2.45) is 0 Å². The Labute approximate surface area is 145 Å². The van der Waals surface area contributed by atoms with E-state index >= 15 is 0 Å². The summed E-state index contributed by atoms with van der Waals surface area (Å²) >= 11 is 0. The molecule has 25 heavy (non-hydrogen) atoms. The van der Waals surface area contributed by atoms with Crippen molar-refractivity contribution in [2.75, 3.05) is 7.11 Å². The minimum Gasteiger partial charge on any atom is -0.493 e. The molecule has 1 aliphatic rings. The number of rotatable bonds is 4. The van der Waals surface area contributed by atoms with Gasteiger partial charge in [-0.15, -0.1) is 0 Å². The quantitative estimate of drug-likeness (QED) is 0.527. The second kappa shape index (κ2) is 7.09. The van der Waals surface area contributed by atoms with Crippen LogP contribution in [0.15, 0.2) is 54.6 Å². The van der Waals surface area contributed by atoms with Gasteiger partial charge in [0, 0.05) is 11.6 Å². The maximum atomic E-state index is 12.2. The number of carbonyl (C=O) groups is 2. The first-order chi connectivity index (χ1) is 12.1. The first kappa shape index (κ1) is 16.6. The highest BCUT2D eigenvalue weighted by atomic mass is 16.6. The van der Waals surface area contributed by atoms with Crippen LogP contribution in [0.25, 0.3) is 0 Å². The monoisotopic (exact) mass is 339 g/mol. The largest absolute Gasteiger partial charge is 0.493 e. The van der Waals surface area contributed by atoms with E-state index in [2.05, 4.69) is 5.32 Å². The van der Waals surface area contributed by atoms with E-state index in [1.165, 1.54) is 13.2 Å². The number of para-hydroxylation sites is 1.